The Morgan fingerprint density at radius 2 is 2.06 bits per heavy atom. The van der Waals surface area contributed by atoms with E-state index in [2.05, 4.69) is 37.9 Å². The molecule has 84 valence electrons. The summed E-state index contributed by atoms with van der Waals surface area (Å²) in [5.74, 6) is 0.375. The number of nitrogens with one attached hydrogen (secondary N) is 1. The SMILES string of the molecule is Cc1cccc(-c2[nH]c(=O)sc2C(C)C)c1. The molecule has 0 fully saturated rings. The highest BCUT2D eigenvalue weighted by atomic mass is 32.1. The first-order valence-electron chi connectivity index (χ1n) is 5.38. The highest BCUT2D eigenvalue weighted by molar-refractivity contribution is 7.09. The number of benzene rings is 1. The zero-order valence-electron chi connectivity index (χ0n) is 9.70. The molecule has 0 aliphatic carbocycles. The van der Waals surface area contributed by atoms with Gasteiger partial charge in [-0.05, 0) is 24.5 Å². The lowest BCUT2D eigenvalue weighted by Crippen LogP contribution is -1.93. The summed E-state index contributed by atoms with van der Waals surface area (Å²) >= 11 is 1.31. The number of H-pyrrole nitrogens is 1. The molecule has 0 aliphatic rings. The lowest BCUT2D eigenvalue weighted by Gasteiger charge is -2.06. The van der Waals surface area contributed by atoms with Gasteiger partial charge < -0.3 is 4.98 Å². The van der Waals surface area contributed by atoms with Crippen molar-refractivity contribution >= 4 is 11.3 Å². The molecule has 0 saturated heterocycles. The Hall–Kier alpha value is -1.35. The van der Waals surface area contributed by atoms with Crippen LogP contribution in [0.4, 0.5) is 0 Å². The number of aromatic amines is 1. The van der Waals surface area contributed by atoms with Crippen molar-refractivity contribution in [2.24, 2.45) is 0 Å². The highest BCUT2D eigenvalue weighted by Crippen LogP contribution is 2.29. The van der Waals surface area contributed by atoms with Gasteiger partial charge in [-0.2, -0.15) is 0 Å². The van der Waals surface area contributed by atoms with Crippen LogP contribution in [0.2, 0.25) is 0 Å². The Kier molecular flexibility index (Phi) is 2.97. The standard InChI is InChI=1S/C13H15NOS/c1-8(2)12-11(14-13(15)16-12)10-6-4-5-9(3)7-10/h4-8H,1-3H3,(H,14,15). The van der Waals surface area contributed by atoms with E-state index in [1.807, 2.05) is 12.1 Å². The van der Waals surface area contributed by atoms with Gasteiger partial charge in [-0.25, -0.2) is 0 Å². The lowest BCUT2D eigenvalue weighted by atomic mass is 10.0. The Morgan fingerprint density at radius 1 is 1.31 bits per heavy atom. The van der Waals surface area contributed by atoms with E-state index in [0.717, 1.165) is 16.1 Å². The van der Waals surface area contributed by atoms with Crippen molar-refractivity contribution in [3.8, 4) is 11.3 Å². The third kappa shape index (κ3) is 2.09. The van der Waals surface area contributed by atoms with Crippen LogP contribution in [0.15, 0.2) is 29.1 Å². The van der Waals surface area contributed by atoms with E-state index in [9.17, 15) is 4.79 Å². The van der Waals surface area contributed by atoms with E-state index in [0.29, 0.717) is 5.92 Å². The Bertz CT molecular complexity index is 551. The van der Waals surface area contributed by atoms with Gasteiger partial charge in [0.25, 0.3) is 0 Å². The average Bonchev–Trinajstić information content (AvgIpc) is 2.60. The molecule has 0 unspecified atom stereocenters. The second kappa shape index (κ2) is 4.26. The van der Waals surface area contributed by atoms with E-state index < -0.39 is 0 Å². The fraction of sp³-hybridized carbons (Fsp3) is 0.308. The molecule has 1 N–H and O–H groups in total. The van der Waals surface area contributed by atoms with Crippen LogP contribution in [0.3, 0.4) is 0 Å². The predicted molar refractivity (Wildman–Crippen MR) is 69.2 cm³/mol. The summed E-state index contributed by atoms with van der Waals surface area (Å²) in [7, 11) is 0. The summed E-state index contributed by atoms with van der Waals surface area (Å²) in [6, 6.07) is 8.22. The number of thiazole rings is 1. The molecule has 16 heavy (non-hydrogen) atoms. The number of aryl methyl sites for hydroxylation is 1. The molecule has 2 rings (SSSR count). The van der Waals surface area contributed by atoms with Crippen LogP contribution in [-0.4, -0.2) is 4.98 Å². The molecule has 1 aromatic carbocycles. The fourth-order valence-electron chi connectivity index (χ4n) is 1.76. The molecular formula is C13H15NOS. The maximum atomic E-state index is 11.4. The molecule has 0 bridgehead atoms. The molecule has 0 atom stereocenters. The van der Waals surface area contributed by atoms with Crippen LogP contribution >= 0.6 is 11.3 Å². The van der Waals surface area contributed by atoms with Crippen LogP contribution < -0.4 is 4.87 Å². The maximum Gasteiger partial charge on any atom is 0.305 e. The highest BCUT2D eigenvalue weighted by Gasteiger charge is 2.12. The van der Waals surface area contributed by atoms with E-state index in [1.165, 1.54) is 16.9 Å². The van der Waals surface area contributed by atoms with Crippen molar-refractivity contribution in [1.82, 2.24) is 4.98 Å². The summed E-state index contributed by atoms with van der Waals surface area (Å²) in [4.78, 5) is 15.5. The topological polar surface area (TPSA) is 32.9 Å². The number of hydrogen-bond acceptors (Lipinski definition) is 2. The van der Waals surface area contributed by atoms with E-state index >= 15 is 0 Å². The van der Waals surface area contributed by atoms with Crippen LogP contribution in [0, 0.1) is 6.92 Å². The van der Waals surface area contributed by atoms with Gasteiger partial charge in [0.05, 0.1) is 5.69 Å². The number of rotatable bonds is 2. The molecular weight excluding hydrogens is 218 g/mol. The molecule has 3 heteroatoms. The summed E-state index contributed by atoms with van der Waals surface area (Å²) in [5.41, 5.74) is 3.29. The van der Waals surface area contributed by atoms with E-state index in [-0.39, 0.29) is 4.87 Å². The summed E-state index contributed by atoms with van der Waals surface area (Å²) < 4.78 is 0. The van der Waals surface area contributed by atoms with Crippen molar-refractivity contribution in [2.75, 3.05) is 0 Å². The van der Waals surface area contributed by atoms with Gasteiger partial charge in [0.15, 0.2) is 0 Å². The van der Waals surface area contributed by atoms with E-state index in [4.69, 9.17) is 0 Å². The van der Waals surface area contributed by atoms with Gasteiger partial charge in [-0.1, -0.05) is 48.9 Å². The zero-order valence-corrected chi connectivity index (χ0v) is 10.5. The Labute approximate surface area is 99.0 Å². The molecule has 0 saturated carbocycles. The van der Waals surface area contributed by atoms with Crippen molar-refractivity contribution < 1.29 is 0 Å². The molecule has 2 aromatic rings. The smallest absolute Gasteiger partial charge is 0.305 e. The predicted octanol–water partition coefficient (Wildman–Crippen LogP) is 3.54. The van der Waals surface area contributed by atoms with Crippen molar-refractivity contribution in [1.29, 1.82) is 0 Å². The quantitative estimate of drug-likeness (QED) is 0.845. The van der Waals surface area contributed by atoms with E-state index in [1.54, 1.807) is 0 Å². The average molecular weight is 233 g/mol. The first-order valence-corrected chi connectivity index (χ1v) is 6.19. The van der Waals surface area contributed by atoms with Crippen LogP contribution in [-0.2, 0) is 0 Å². The lowest BCUT2D eigenvalue weighted by molar-refractivity contribution is 0.888. The van der Waals surface area contributed by atoms with Crippen molar-refractivity contribution in [2.45, 2.75) is 26.7 Å². The zero-order chi connectivity index (χ0) is 11.7. The first-order chi connectivity index (χ1) is 7.58. The minimum absolute atomic E-state index is 0.0280. The molecule has 1 aromatic heterocycles. The molecule has 0 spiro atoms. The Balaban J connectivity index is 2.59. The van der Waals surface area contributed by atoms with Gasteiger partial charge in [0.2, 0.25) is 0 Å². The summed E-state index contributed by atoms with van der Waals surface area (Å²) in [6.45, 7) is 6.28. The molecule has 0 radical (unpaired) electrons. The van der Waals surface area contributed by atoms with Crippen molar-refractivity contribution in [3.63, 3.8) is 0 Å². The summed E-state index contributed by atoms with van der Waals surface area (Å²) in [5, 5.41) is 0. The van der Waals surface area contributed by atoms with Gasteiger partial charge in [0.1, 0.15) is 0 Å². The third-order valence-corrected chi connectivity index (χ3v) is 3.69. The number of hydrogen-bond donors (Lipinski definition) is 1. The first kappa shape index (κ1) is 11.1. The minimum Gasteiger partial charge on any atom is -0.312 e. The molecule has 0 aliphatic heterocycles. The maximum absolute atomic E-state index is 11.4. The largest absolute Gasteiger partial charge is 0.312 e. The Morgan fingerprint density at radius 3 is 2.69 bits per heavy atom. The van der Waals surface area contributed by atoms with Gasteiger partial charge >= 0.3 is 4.87 Å². The number of aromatic nitrogens is 1. The third-order valence-electron chi connectivity index (χ3n) is 2.51. The van der Waals surface area contributed by atoms with Crippen LogP contribution in [0.5, 0.6) is 0 Å². The van der Waals surface area contributed by atoms with Gasteiger partial charge in [-0.3, -0.25) is 4.79 Å². The second-order valence-corrected chi connectivity index (χ2v) is 5.29. The minimum atomic E-state index is 0.0280. The van der Waals surface area contributed by atoms with Crippen molar-refractivity contribution in [3.05, 3.63) is 44.4 Å². The summed E-state index contributed by atoms with van der Waals surface area (Å²) in [6.07, 6.45) is 0. The normalized spacial score (nSPS) is 11.0. The van der Waals surface area contributed by atoms with Gasteiger partial charge in [0, 0.05) is 4.88 Å². The van der Waals surface area contributed by atoms with Crippen LogP contribution in [0.25, 0.3) is 11.3 Å². The monoisotopic (exact) mass is 233 g/mol. The van der Waals surface area contributed by atoms with Gasteiger partial charge in [-0.15, -0.1) is 0 Å². The molecule has 0 amide bonds. The van der Waals surface area contributed by atoms with Crippen LogP contribution in [0.1, 0.15) is 30.2 Å². The molecule has 2 nitrogen and oxygen atoms in total. The molecule has 1 heterocycles. The second-order valence-electron chi connectivity index (χ2n) is 4.28. The fourth-order valence-corrected chi connectivity index (χ4v) is 2.62.